The van der Waals surface area contributed by atoms with Crippen molar-refractivity contribution in [1.29, 1.82) is 0 Å². The van der Waals surface area contributed by atoms with Crippen molar-refractivity contribution in [2.45, 2.75) is 44.1 Å². The maximum atomic E-state index is 9.81. The molecule has 5 unspecified atom stereocenters. The number of rotatable bonds is 5. The zero-order valence-corrected chi connectivity index (χ0v) is 12.2. The van der Waals surface area contributed by atoms with Crippen LogP contribution in [-0.2, 0) is 15.9 Å². The average Bonchev–Trinajstić information content (AvgIpc) is 2.51. The van der Waals surface area contributed by atoms with Crippen molar-refractivity contribution in [2.24, 2.45) is 0 Å². The molecule has 6 heteroatoms. The first-order valence-corrected chi connectivity index (χ1v) is 6.97. The summed E-state index contributed by atoms with van der Waals surface area (Å²) in [6.07, 6.45) is -4.51. The Hall–Kier alpha value is -1.18. The van der Waals surface area contributed by atoms with Crippen LogP contribution in [0.3, 0.4) is 0 Å². The summed E-state index contributed by atoms with van der Waals surface area (Å²) in [7, 11) is 1.61. The quantitative estimate of drug-likeness (QED) is 0.713. The zero-order valence-electron chi connectivity index (χ0n) is 12.2. The lowest BCUT2D eigenvalue weighted by Gasteiger charge is -2.38. The molecule has 5 atom stereocenters. The Kier molecular flexibility index (Phi) is 5.55. The predicted molar refractivity (Wildman–Crippen MR) is 75.0 cm³/mol. The molecule has 1 aliphatic heterocycles. The van der Waals surface area contributed by atoms with Crippen molar-refractivity contribution in [1.82, 2.24) is 0 Å². The van der Waals surface area contributed by atoms with E-state index < -0.39 is 30.7 Å². The smallest absolute Gasteiger partial charge is 0.186 e. The van der Waals surface area contributed by atoms with E-state index in [4.69, 9.17) is 14.2 Å². The molecule has 1 saturated heterocycles. The van der Waals surface area contributed by atoms with Crippen LogP contribution in [-0.4, -0.2) is 59.7 Å². The van der Waals surface area contributed by atoms with Crippen LogP contribution in [0.4, 0.5) is 0 Å². The molecule has 1 heterocycles. The summed E-state index contributed by atoms with van der Waals surface area (Å²) in [6.45, 7) is 1.96. The second-order valence-electron chi connectivity index (χ2n) is 5.15. The van der Waals surface area contributed by atoms with Crippen molar-refractivity contribution in [3.8, 4) is 5.75 Å². The van der Waals surface area contributed by atoms with Gasteiger partial charge in [0.1, 0.15) is 24.1 Å². The fourth-order valence-electron chi connectivity index (χ4n) is 2.24. The Morgan fingerprint density at radius 2 is 1.71 bits per heavy atom. The topological polar surface area (TPSA) is 88.4 Å². The predicted octanol–water partition coefficient (Wildman–Crippen LogP) is 0.0818. The summed E-state index contributed by atoms with van der Waals surface area (Å²) in [4.78, 5) is 0. The summed E-state index contributed by atoms with van der Waals surface area (Å²) >= 11 is 0. The Labute approximate surface area is 123 Å². The highest BCUT2D eigenvalue weighted by Crippen LogP contribution is 2.22. The fourth-order valence-corrected chi connectivity index (χ4v) is 2.24. The lowest BCUT2D eigenvalue weighted by Crippen LogP contribution is -2.57. The molecule has 0 aliphatic carbocycles. The number of aliphatic hydroxyl groups is 3. The molecule has 2 rings (SSSR count). The van der Waals surface area contributed by atoms with Crippen LogP contribution >= 0.6 is 0 Å². The Morgan fingerprint density at radius 1 is 1.05 bits per heavy atom. The standard InChI is InChI=1S/C15H22O6/c1-9-12(16)13(17)14(18)15(21-9)20-8-7-10-3-5-11(19-2)6-4-10/h3-6,9,12-18H,7-8H2,1-2H3. The lowest BCUT2D eigenvalue weighted by molar-refractivity contribution is -0.292. The number of hydrogen-bond donors (Lipinski definition) is 3. The van der Waals surface area contributed by atoms with Crippen molar-refractivity contribution < 1.29 is 29.5 Å². The van der Waals surface area contributed by atoms with Crippen molar-refractivity contribution >= 4 is 0 Å². The van der Waals surface area contributed by atoms with Crippen molar-refractivity contribution in [3.63, 3.8) is 0 Å². The molecule has 21 heavy (non-hydrogen) atoms. The third-order valence-corrected chi connectivity index (χ3v) is 3.64. The summed E-state index contributed by atoms with van der Waals surface area (Å²) in [5.41, 5.74) is 1.06. The molecule has 1 aliphatic rings. The van der Waals surface area contributed by atoms with Gasteiger partial charge in [0, 0.05) is 0 Å². The molecule has 1 aromatic rings. The molecule has 6 nitrogen and oxygen atoms in total. The Balaban J connectivity index is 1.82. The van der Waals surface area contributed by atoms with Gasteiger partial charge in [-0.1, -0.05) is 12.1 Å². The molecular weight excluding hydrogens is 276 g/mol. The molecule has 0 saturated carbocycles. The first-order valence-electron chi connectivity index (χ1n) is 6.97. The minimum atomic E-state index is -1.26. The monoisotopic (exact) mass is 298 g/mol. The largest absolute Gasteiger partial charge is 0.497 e. The van der Waals surface area contributed by atoms with E-state index >= 15 is 0 Å². The number of methoxy groups -OCH3 is 1. The van der Waals surface area contributed by atoms with E-state index in [2.05, 4.69) is 0 Å². The number of ether oxygens (including phenoxy) is 3. The van der Waals surface area contributed by atoms with E-state index in [1.165, 1.54) is 0 Å². The van der Waals surface area contributed by atoms with Gasteiger partial charge in [0.25, 0.3) is 0 Å². The molecule has 1 fully saturated rings. The maximum Gasteiger partial charge on any atom is 0.186 e. The molecular formula is C15H22O6. The van der Waals surface area contributed by atoms with Crippen molar-refractivity contribution in [3.05, 3.63) is 29.8 Å². The molecule has 0 spiro atoms. The van der Waals surface area contributed by atoms with Gasteiger partial charge < -0.3 is 29.5 Å². The van der Waals surface area contributed by atoms with Gasteiger partial charge in [0.15, 0.2) is 6.29 Å². The Bertz CT molecular complexity index is 434. The van der Waals surface area contributed by atoms with Gasteiger partial charge in [-0.05, 0) is 31.0 Å². The minimum absolute atomic E-state index is 0.337. The first-order chi connectivity index (χ1) is 10.0. The van der Waals surface area contributed by atoms with Gasteiger partial charge in [-0.15, -0.1) is 0 Å². The zero-order chi connectivity index (χ0) is 15.4. The van der Waals surface area contributed by atoms with Crippen LogP contribution in [0, 0.1) is 0 Å². The molecule has 0 aromatic heterocycles. The molecule has 0 amide bonds. The first kappa shape index (κ1) is 16.2. The average molecular weight is 298 g/mol. The summed E-state index contributed by atoms with van der Waals surface area (Å²) in [5, 5.41) is 29.1. The van der Waals surface area contributed by atoms with Crippen LogP contribution in [0.1, 0.15) is 12.5 Å². The Morgan fingerprint density at radius 3 is 2.33 bits per heavy atom. The van der Waals surface area contributed by atoms with Gasteiger partial charge in [-0.2, -0.15) is 0 Å². The summed E-state index contributed by atoms with van der Waals surface area (Å²) in [6, 6.07) is 7.59. The summed E-state index contributed by atoms with van der Waals surface area (Å²) in [5.74, 6) is 0.789. The van der Waals surface area contributed by atoms with Gasteiger partial charge in [0.05, 0.1) is 19.8 Å². The second kappa shape index (κ2) is 7.20. The summed E-state index contributed by atoms with van der Waals surface area (Å²) < 4.78 is 15.9. The number of aliphatic hydroxyl groups excluding tert-OH is 3. The third-order valence-electron chi connectivity index (χ3n) is 3.64. The van der Waals surface area contributed by atoms with E-state index in [-0.39, 0.29) is 0 Å². The molecule has 0 bridgehead atoms. The molecule has 118 valence electrons. The SMILES string of the molecule is COc1ccc(CCOC2OC(C)C(O)C(O)C2O)cc1. The third kappa shape index (κ3) is 3.93. The van der Waals surface area contributed by atoms with Gasteiger partial charge in [-0.3, -0.25) is 0 Å². The number of hydrogen-bond acceptors (Lipinski definition) is 6. The molecule has 0 radical (unpaired) electrons. The van der Waals surface area contributed by atoms with Crippen molar-refractivity contribution in [2.75, 3.05) is 13.7 Å². The molecule has 1 aromatic carbocycles. The van der Waals surface area contributed by atoms with E-state index in [0.717, 1.165) is 11.3 Å². The normalized spacial score (nSPS) is 32.9. The van der Waals surface area contributed by atoms with Gasteiger partial charge in [0.2, 0.25) is 0 Å². The van der Waals surface area contributed by atoms with Crippen LogP contribution in [0.25, 0.3) is 0 Å². The van der Waals surface area contributed by atoms with E-state index in [9.17, 15) is 15.3 Å². The highest BCUT2D eigenvalue weighted by molar-refractivity contribution is 5.27. The minimum Gasteiger partial charge on any atom is -0.497 e. The maximum absolute atomic E-state index is 9.81. The van der Waals surface area contributed by atoms with Gasteiger partial charge in [-0.25, -0.2) is 0 Å². The van der Waals surface area contributed by atoms with Crippen LogP contribution in [0.2, 0.25) is 0 Å². The highest BCUT2D eigenvalue weighted by atomic mass is 16.7. The number of benzene rings is 1. The molecule has 3 N–H and O–H groups in total. The van der Waals surface area contributed by atoms with E-state index in [0.29, 0.717) is 13.0 Å². The van der Waals surface area contributed by atoms with Crippen LogP contribution < -0.4 is 4.74 Å². The van der Waals surface area contributed by atoms with E-state index in [1.54, 1.807) is 14.0 Å². The highest BCUT2D eigenvalue weighted by Gasteiger charge is 2.42. The van der Waals surface area contributed by atoms with Crippen LogP contribution in [0.15, 0.2) is 24.3 Å². The van der Waals surface area contributed by atoms with Crippen LogP contribution in [0.5, 0.6) is 5.75 Å². The fraction of sp³-hybridized carbons (Fsp3) is 0.600. The van der Waals surface area contributed by atoms with Gasteiger partial charge >= 0.3 is 0 Å². The second-order valence-corrected chi connectivity index (χ2v) is 5.15. The lowest BCUT2D eigenvalue weighted by atomic mass is 10.00. The van der Waals surface area contributed by atoms with E-state index in [1.807, 2.05) is 24.3 Å².